The average molecular weight is 318 g/mol. The van der Waals surface area contributed by atoms with Gasteiger partial charge in [0, 0.05) is 10.7 Å². The summed E-state index contributed by atoms with van der Waals surface area (Å²) in [5.74, 6) is 0.826. The number of nitrogens with one attached hydrogen (secondary N) is 1. The highest BCUT2D eigenvalue weighted by Gasteiger charge is 2.23. The number of aliphatic imine (C=N–C) groups is 2. The fraction of sp³-hybridized carbons (Fsp3) is 0.444. The molecule has 0 radical (unpaired) electrons. The number of amidine groups is 1. The van der Waals surface area contributed by atoms with Crippen LogP contribution in [-0.2, 0) is 0 Å². The Morgan fingerprint density at radius 1 is 0.864 bits per heavy atom. The summed E-state index contributed by atoms with van der Waals surface area (Å²) in [5.41, 5.74) is 2.66. The fourth-order valence-electron chi connectivity index (χ4n) is 2.08. The van der Waals surface area contributed by atoms with Crippen molar-refractivity contribution in [3.05, 3.63) is 40.9 Å². The van der Waals surface area contributed by atoms with Crippen LogP contribution < -0.4 is 5.32 Å². The predicted octanol–water partition coefficient (Wildman–Crippen LogP) is 4.72. The van der Waals surface area contributed by atoms with Crippen molar-refractivity contribution in [3.8, 4) is 0 Å². The summed E-state index contributed by atoms with van der Waals surface area (Å²) >= 11 is 5.96. The van der Waals surface area contributed by atoms with Crippen molar-refractivity contribution in [3.63, 3.8) is 0 Å². The highest BCUT2D eigenvalue weighted by atomic mass is 35.5. The number of rotatable bonds is 1. The monoisotopic (exact) mass is 317 g/mol. The van der Waals surface area contributed by atoms with Crippen molar-refractivity contribution < 1.29 is 0 Å². The molecule has 0 aromatic heterocycles. The highest BCUT2D eigenvalue weighted by Crippen LogP contribution is 2.22. The predicted molar refractivity (Wildman–Crippen MR) is 96.9 cm³/mol. The number of nitrogens with zero attached hydrogens (tertiary/aromatic N) is 2. The Hall–Kier alpha value is -1.61. The quantitative estimate of drug-likeness (QED) is 0.799. The molecule has 118 valence electrons. The number of hydrogen-bond acceptors (Lipinski definition) is 2. The highest BCUT2D eigenvalue weighted by molar-refractivity contribution is 6.51. The van der Waals surface area contributed by atoms with Gasteiger partial charge in [-0.15, -0.1) is 0 Å². The lowest BCUT2D eigenvalue weighted by molar-refractivity contribution is 0.578. The van der Waals surface area contributed by atoms with Gasteiger partial charge < -0.3 is 5.32 Å². The van der Waals surface area contributed by atoms with Crippen LogP contribution in [0.15, 0.2) is 40.3 Å². The zero-order valence-electron chi connectivity index (χ0n) is 14.2. The first-order valence-electron chi connectivity index (χ1n) is 7.48. The second kappa shape index (κ2) is 5.88. The standard InChI is InChI=1S/C18H24ClN3/c1-17(2,3)21-15-11-14(12-7-9-13(19)10-8-12)20-16(15)22-18(4,5)6/h7-11H,1-6H3,(H,20,21,22). The van der Waals surface area contributed by atoms with Crippen LogP contribution in [0, 0.1) is 0 Å². The molecule has 0 unspecified atom stereocenters. The molecule has 22 heavy (non-hydrogen) atoms. The Balaban J connectivity index is 2.43. The number of hydrogen-bond donors (Lipinski definition) is 1. The van der Waals surface area contributed by atoms with E-state index in [0.717, 1.165) is 27.8 Å². The largest absolute Gasteiger partial charge is 0.338 e. The second-order valence-corrected chi connectivity index (χ2v) is 7.93. The van der Waals surface area contributed by atoms with Gasteiger partial charge in [0.05, 0.1) is 11.1 Å². The summed E-state index contributed by atoms with van der Waals surface area (Å²) in [5, 5.41) is 4.12. The van der Waals surface area contributed by atoms with Gasteiger partial charge >= 0.3 is 0 Å². The summed E-state index contributed by atoms with van der Waals surface area (Å²) in [6.45, 7) is 12.5. The van der Waals surface area contributed by atoms with Crippen LogP contribution in [0.5, 0.6) is 0 Å². The lowest BCUT2D eigenvalue weighted by Gasteiger charge is -2.17. The third-order valence-electron chi connectivity index (χ3n) is 2.84. The van der Waals surface area contributed by atoms with E-state index < -0.39 is 0 Å². The minimum atomic E-state index is -0.162. The molecular weight excluding hydrogens is 294 g/mol. The minimum absolute atomic E-state index is 0.151. The van der Waals surface area contributed by atoms with E-state index in [1.54, 1.807) is 0 Å². The zero-order valence-corrected chi connectivity index (χ0v) is 14.9. The summed E-state index contributed by atoms with van der Waals surface area (Å²) in [6, 6.07) is 7.77. The van der Waals surface area contributed by atoms with E-state index in [1.165, 1.54) is 0 Å². The first kappa shape index (κ1) is 16.8. The average Bonchev–Trinajstić information content (AvgIpc) is 2.68. The molecule has 0 bridgehead atoms. The molecule has 0 saturated heterocycles. The molecule has 0 amide bonds. The van der Waals surface area contributed by atoms with E-state index in [0.29, 0.717) is 0 Å². The van der Waals surface area contributed by atoms with Crippen molar-refractivity contribution >= 4 is 28.8 Å². The van der Waals surface area contributed by atoms with Gasteiger partial charge in [-0.3, -0.25) is 9.98 Å². The summed E-state index contributed by atoms with van der Waals surface area (Å²) in [6.07, 6.45) is 2.05. The summed E-state index contributed by atoms with van der Waals surface area (Å²) in [7, 11) is 0. The Morgan fingerprint density at radius 3 is 1.91 bits per heavy atom. The van der Waals surface area contributed by atoms with Crippen molar-refractivity contribution in [2.75, 3.05) is 0 Å². The van der Waals surface area contributed by atoms with Gasteiger partial charge in [0.2, 0.25) is 0 Å². The maximum atomic E-state index is 5.96. The van der Waals surface area contributed by atoms with Crippen LogP contribution in [-0.4, -0.2) is 22.6 Å². The first-order chi connectivity index (χ1) is 10.0. The van der Waals surface area contributed by atoms with Crippen LogP contribution in [0.1, 0.15) is 47.1 Å². The third-order valence-corrected chi connectivity index (χ3v) is 3.09. The maximum absolute atomic E-state index is 5.96. The molecule has 1 aliphatic rings. The Morgan fingerprint density at radius 2 is 1.41 bits per heavy atom. The normalized spacial score (nSPS) is 19.5. The molecule has 3 nitrogen and oxygen atoms in total. The van der Waals surface area contributed by atoms with E-state index in [-0.39, 0.29) is 11.1 Å². The molecule has 0 saturated carbocycles. The van der Waals surface area contributed by atoms with Gasteiger partial charge in [0.25, 0.3) is 0 Å². The van der Waals surface area contributed by atoms with Gasteiger partial charge in [0.1, 0.15) is 5.71 Å². The Bertz CT molecular complexity index is 638. The van der Waals surface area contributed by atoms with Crippen LogP contribution in [0.3, 0.4) is 0 Å². The summed E-state index contributed by atoms with van der Waals surface area (Å²) < 4.78 is 0. The van der Waals surface area contributed by atoms with E-state index >= 15 is 0 Å². The van der Waals surface area contributed by atoms with E-state index in [1.807, 2.05) is 24.3 Å². The third kappa shape index (κ3) is 4.70. The molecule has 4 heteroatoms. The molecule has 1 aliphatic heterocycles. The molecule has 1 heterocycles. The van der Waals surface area contributed by atoms with Crippen LogP contribution in [0.2, 0.25) is 5.02 Å². The Kier molecular flexibility index (Phi) is 4.48. The first-order valence-corrected chi connectivity index (χ1v) is 7.86. The topological polar surface area (TPSA) is 36.8 Å². The minimum Gasteiger partial charge on any atom is -0.338 e. The molecule has 1 aromatic carbocycles. The molecule has 0 atom stereocenters. The van der Waals surface area contributed by atoms with Gasteiger partial charge in [-0.25, -0.2) is 0 Å². The van der Waals surface area contributed by atoms with Crippen LogP contribution in [0.25, 0.3) is 5.70 Å². The van der Waals surface area contributed by atoms with Gasteiger partial charge in [-0.1, -0.05) is 23.7 Å². The van der Waals surface area contributed by atoms with Gasteiger partial charge in [0.15, 0.2) is 5.84 Å². The van der Waals surface area contributed by atoms with Crippen LogP contribution >= 0.6 is 11.6 Å². The van der Waals surface area contributed by atoms with Gasteiger partial charge in [-0.2, -0.15) is 0 Å². The van der Waals surface area contributed by atoms with E-state index in [4.69, 9.17) is 21.6 Å². The van der Waals surface area contributed by atoms with Crippen LogP contribution in [0.4, 0.5) is 0 Å². The smallest absolute Gasteiger partial charge is 0.151 e. The van der Waals surface area contributed by atoms with Crippen molar-refractivity contribution in [2.24, 2.45) is 9.98 Å². The maximum Gasteiger partial charge on any atom is 0.151 e. The van der Waals surface area contributed by atoms with Crippen molar-refractivity contribution in [2.45, 2.75) is 52.6 Å². The van der Waals surface area contributed by atoms with Crippen molar-refractivity contribution in [1.29, 1.82) is 0 Å². The van der Waals surface area contributed by atoms with Crippen molar-refractivity contribution in [1.82, 2.24) is 5.32 Å². The molecule has 2 rings (SSSR count). The fourth-order valence-corrected chi connectivity index (χ4v) is 2.21. The number of benzene rings is 1. The Labute approximate surface area is 138 Å². The second-order valence-electron chi connectivity index (χ2n) is 7.49. The molecule has 0 fully saturated rings. The van der Waals surface area contributed by atoms with E-state index in [9.17, 15) is 0 Å². The summed E-state index contributed by atoms with van der Waals surface area (Å²) in [4.78, 5) is 9.55. The molecule has 1 aromatic rings. The molecular formula is C18H24ClN3. The SMILES string of the molecule is CC(C)(C)N=C1C=C(c2ccc(Cl)cc2)NC1=NC(C)(C)C. The lowest BCUT2D eigenvalue weighted by Crippen LogP contribution is -2.28. The molecule has 0 aliphatic carbocycles. The molecule has 1 N–H and O–H groups in total. The molecule has 0 spiro atoms. The number of halogens is 1. The lowest BCUT2D eigenvalue weighted by atomic mass is 10.1. The van der Waals surface area contributed by atoms with E-state index in [2.05, 4.69) is 52.9 Å². The zero-order chi connectivity index (χ0) is 16.5. The van der Waals surface area contributed by atoms with Gasteiger partial charge in [-0.05, 0) is 65.3 Å².